The van der Waals surface area contributed by atoms with Gasteiger partial charge in [-0.25, -0.2) is 4.79 Å². The Labute approximate surface area is 205 Å². The summed E-state index contributed by atoms with van der Waals surface area (Å²) in [5.41, 5.74) is -3.23. The van der Waals surface area contributed by atoms with Gasteiger partial charge in [-0.1, -0.05) is 36.9 Å². The molecular weight excluding hydrogens is 488 g/mol. The van der Waals surface area contributed by atoms with Crippen LogP contribution in [0.25, 0.3) is 5.76 Å². The summed E-state index contributed by atoms with van der Waals surface area (Å²) in [5.74, 6) is -0.736. The van der Waals surface area contributed by atoms with Crippen LogP contribution >= 0.6 is 0 Å². The van der Waals surface area contributed by atoms with Crippen LogP contribution in [0.2, 0.25) is 0 Å². The Kier molecular flexibility index (Phi) is 7.66. The van der Waals surface area contributed by atoms with Gasteiger partial charge in [-0.2, -0.15) is 26.3 Å². The van der Waals surface area contributed by atoms with Gasteiger partial charge < -0.3 is 14.4 Å². The van der Waals surface area contributed by atoms with Crippen LogP contribution in [0.1, 0.15) is 55.4 Å². The third-order valence-corrected chi connectivity index (χ3v) is 5.63. The van der Waals surface area contributed by atoms with Crippen molar-refractivity contribution in [1.82, 2.24) is 4.90 Å². The molecule has 196 valence electrons. The van der Waals surface area contributed by atoms with Crippen LogP contribution in [0, 0.1) is 0 Å². The highest BCUT2D eigenvalue weighted by Crippen LogP contribution is 2.39. The van der Waals surface area contributed by atoms with Crippen molar-refractivity contribution in [3.05, 3.63) is 77.4 Å². The second-order valence-electron chi connectivity index (χ2n) is 9.61. The maximum absolute atomic E-state index is 13.3. The molecule has 0 radical (unpaired) electrons. The number of hydrogen-bond acceptors (Lipinski definition) is 3. The smallest absolute Gasteiger partial charge is 0.416 e. The molecule has 2 aromatic rings. The molecule has 0 saturated carbocycles. The number of likely N-dealkylation sites (tertiary alicyclic amines) is 1. The highest BCUT2D eigenvalue weighted by Gasteiger charge is 2.39. The fraction of sp³-hybridized carbons (Fsp3) is 0.423. The van der Waals surface area contributed by atoms with Crippen LogP contribution in [0.4, 0.5) is 31.1 Å². The molecule has 0 spiro atoms. The highest BCUT2D eigenvalue weighted by molar-refractivity contribution is 5.68. The first-order valence-corrected chi connectivity index (χ1v) is 11.2. The number of alkyl halides is 6. The third-order valence-electron chi connectivity index (χ3n) is 5.63. The van der Waals surface area contributed by atoms with Crippen molar-refractivity contribution in [2.45, 2.75) is 57.2 Å². The van der Waals surface area contributed by atoms with E-state index in [1.54, 1.807) is 39.0 Å². The Balaban J connectivity index is 1.89. The van der Waals surface area contributed by atoms with Crippen LogP contribution in [-0.2, 0) is 21.8 Å². The minimum Gasteiger partial charge on any atom is -0.490 e. The van der Waals surface area contributed by atoms with Crippen LogP contribution < -0.4 is 0 Å². The van der Waals surface area contributed by atoms with E-state index in [-0.39, 0.29) is 31.3 Å². The maximum Gasteiger partial charge on any atom is 0.416 e. The topological polar surface area (TPSA) is 38.8 Å². The fourth-order valence-corrected chi connectivity index (χ4v) is 3.95. The fourth-order valence-electron chi connectivity index (χ4n) is 3.95. The molecular formula is C26H27F6NO3. The van der Waals surface area contributed by atoms with Crippen molar-refractivity contribution in [3.63, 3.8) is 0 Å². The largest absolute Gasteiger partial charge is 0.490 e. The monoisotopic (exact) mass is 515 g/mol. The molecule has 1 heterocycles. The van der Waals surface area contributed by atoms with E-state index >= 15 is 0 Å². The van der Waals surface area contributed by atoms with Crippen molar-refractivity contribution >= 4 is 11.9 Å². The number of nitrogens with zero attached hydrogens (tertiary/aromatic N) is 1. The number of benzene rings is 2. The predicted molar refractivity (Wildman–Crippen MR) is 122 cm³/mol. The van der Waals surface area contributed by atoms with Gasteiger partial charge in [-0.15, -0.1) is 0 Å². The first-order chi connectivity index (χ1) is 16.5. The summed E-state index contributed by atoms with van der Waals surface area (Å²) in [6.45, 7) is 9.27. The Bertz CT molecular complexity index is 1060. The third kappa shape index (κ3) is 6.95. The average molecular weight is 515 g/mol. The Morgan fingerprint density at radius 3 is 2.00 bits per heavy atom. The molecule has 0 aromatic heterocycles. The van der Waals surface area contributed by atoms with Gasteiger partial charge in [0.05, 0.1) is 11.1 Å². The number of rotatable bonds is 4. The SMILES string of the molecule is C=C(O[C@H]1CCN(C(=O)OC(C)(C)C)C[C@H]1c1ccccc1)c1cc(C(F)(F)F)cc(C(F)(F)F)c1. The van der Waals surface area contributed by atoms with E-state index in [0.717, 1.165) is 5.56 Å². The van der Waals surface area contributed by atoms with E-state index < -0.39 is 52.8 Å². The molecule has 1 aliphatic heterocycles. The predicted octanol–water partition coefficient (Wildman–Crippen LogP) is 7.50. The number of ether oxygens (including phenoxy) is 2. The Hall–Kier alpha value is -3.17. The molecule has 1 saturated heterocycles. The summed E-state index contributed by atoms with van der Waals surface area (Å²) < 4.78 is 91.1. The van der Waals surface area contributed by atoms with Crippen molar-refractivity contribution < 1.29 is 40.6 Å². The Morgan fingerprint density at radius 1 is 0.944 bits per heavy atom. The molecule has 0 bridgehead atoms. The van der Waals surface area contributed by atoms with E-state index in [0.29, 0.717) is 12.1 Å². The van der Waals surface area contributed by atoms with Gasteiger partial charge in [-0.05, 0) is 44.5 Å². The highest BCUT2D eigenvalue weighted by atomic mass is 19.4. The average Bonchev–Trinajstić information content (AvgIpc) is 2.77. The van der Waals surface area contributed by atoms with Gasteiger partial charge in [0.15, 0.2) is 0 Å². The zero-order valence-electron chi connectivity index (χ0n) is 20.0. The molecule has 3 rings (SSSR count). The zero-order chi connectivity index (χ0) is 26.9. The van der Waals surface area contributed by atoms with Crippen LogP contribution in [0.5, 0.6) is 0 Å². The lowest BCUT2D eigenvalue weighted by Crippen LogP contribution is -2.47. The van der Waals surface area contributed by atoms with Crippen molar-refractivity contribution in [1.29, 1.82) is 0 Å². The minimum absolute atomic E-state index is 0.0584. The lowest BCUT2D eigenvalue weighted by atomic mass is 9.88. The molecule has 1 amide bonds. The van der Waals surface area contributed by atoms with Crippen LogP contribution in [0.15, 0.2) is 55.1 Å². The van der Waals surface area contributed by atoms with Crippen molar-refractivity contribution in [3.8, 4) is 0 Å². The van der Waals surface area contributed by atoms with Crippen molar-refractivity contribution in [2.24, 2.45) is 0 Å². The second kappa shape index (κ2) is 10.1. The summed E-state index contributed by atoms with van der Waals surface area (Å²) in [6.07, 6.45) is -10.9. The van der Waals surface area contributed by atoms with Crippen LogP contribution in [0.3, 0.4) is 0 Å². The molecule has 1 fully saturated rings. The first-order valence-electron chi connectivity index (χ1n) is 11.2. The van der Waals surface area contributed by atoms with E-state index in [2.05, 4.69) is 6.58 Å². The molecule has 0 N–H and O–H groups in total. The second-order valence-corrected chi connectivity index (χ2v) is 9.61. The lowest BCUT2D eigenvalue weighted by molar-refractivity contribution is -0.143. The van der Waals surface area contributed by atoms with Gasteiger partial charge in [0.1, 0.15) is 17.5 Å². The lowest BCUT2D eigenvalue weighted by Gasteiger charge is -2.39. The van der Waals surface area contributed by atoms with Gasteiger partial charge in [0, 0.05) is 31.0 Å². The first kappa shape index (κ1) is 27.4. The zero-order valence-corrected chi connectivity index (χ0v) is 20.0. The molecule has 0 unspecified atom stereocenters. The molecule has 10 heteroatoms. The number of hydrogen-bond donors (Lipinski definition) is 0. The van der Waals surface area contributed by atoms with Gasteiger partial charge in [0.25, 0.3) is 0 Å². The molecule has 2 aromatic carbocycles. The standard InChI is InChI=1S/C26H27F6NO3/c1-16(18-12-19(25(27,28)29)14-20(13-18)26(30,31)32)35-22-10-11-33(23(34)36-24(2,3)4)15-21(22)17-8-6-5-7-9-17/h5-9,12-14,21-22H,1,10-11,15H2,2-4H3/t21-,22-/m0/s1. The summed E-state index contributed by atoms with van der Waals surface area (Å²) in [6, 6.07) is 10.2. The number of piperidine rings is 1. The number of carbonyl (C=O) groups excluding carboxylic acids is 1. The van der Waals surface area contributed by atoms with E-state index in [4.69, 9.17) is 9.47 Å². The summed E-state index contributed by atoms with van der Waals surface area (Å²) in [7, 11) is 0. The van der Waals surface area contributed by atoms with E-state index in [1.165, 1.54) is 4.90 Å². The van der Waals surface area contributed by atoms with Crippen molar-refractivity contribution in [2.75, 3.05) is 13.1 Å². The summed E-state index contributed by atoms with van der Waals surface area (Å²) in [4.78, 5) is 14.1. The summed E-state index contributed by atoms with van der Waals surface area (Å²) >= 11 is 0. The quantitative estimate of drug-likeness (QED) is 0.313. The molecule has 1 aliphatic rings. The number of halogens is 6. The number of amides is 1. The molecule has 36 heavy (non-hydrogen) atoms. The molecule has 0 aliphatic carbocycles. The van der Waals surface area contributed by atoms with Gasteiger partial charge >= 0.3 is 18.4 Å². The Morgan fingerprint density at radius 2 is 1.50 bits per heavy atom. The normalized spacial score (nSPS) is 19.1. The summed E-state index contributed by atoms with van der Waals surface area (Å²) in [5, 5.41) is 0. The van der Waals surface area contributed by atoms with E-state index in [1.807, 2.05) is 12.1 Å². The molecule has 2 atom stereocenters. The van der Waals surface area contributed by atoms with Crippen LogP contribution in [-0.4, -0.2) is 35.8 Å². The van der Waals surface area contributed by atoms with Gasteiger partial charge in [-0.3, -0.25) is 0 Å². The maximum atomic E-state index is 13.3. The minimum atomic E-state index is -4.98. The number of carbonyl (C=O) groups is 1. The van der Waals surface area contributed by atoms with Gasteiger partial charge in [0.2, 0.25) is 0 Å². The molecule has 4 nitrogen and oxygen atoms in total. The van der Waals surface area contributed by atoms with E-state index in [9.17, 15) is 31.1 Å².